The quantitative estimate of drug-likeness (QED) is 0.697. The van der Waals surface area contributed by atoms with Crippen LogP contribution in [-0.2, 0) is 19.1 Å². The fourth-order valence-corrected chi connectivity index (χ4v) is 2.92. The number of carbonyl (C=O) groups excluding carboxylic acids is 3. The number of nitrogens with zero attached hydrogens (tertiary/aromatic N) is 2. The van der Waals surface area contributed by atoms with Crippen molar-refractivity contribution in [1.29, 1.82) is 0 Å². The van der Waals surface area contributed by atoms with Crippen molar-refractivity contribution in [3.8, 4) is 0 Å². The van der Waals surface area contributed by atoms with Gasteiger partial charge in [-0.15, -0.1) is 0 Å². The van der Waals surface area contributed by atoms with Gasteiger partial charge in [-0.05, 0) is 19.8 Å². The molecule has 2 saturated heterocycles. The molecular weight excluding hydrogens is 260 g/mol. The third-order valence-corrected chi connectivity index (χ3v) is 4.04. The van der Waals surface area contributed by atoms with E-state index in [-0.39, 0.29) is 36.0 Å². The first kappa shape index (κ1) is 14.8. The Morgan fingerprint density at radius 2 is 2.05 bits per heavy atom. The number of esters is 1. The Bertz CT molecular complexity index is 410. The molecule has 0 aromatic rings. The Morgan fingerprint density at radius 3 is 2.65 bits per heavy atom. The number of hydrogen-bond acceptors (Lipinski definition) is 4. The van der Waals surface area contributed by atoms with Gasteiger partial charge in [0.25, 0.3) is 0 Å². The van der Waals surface area contributed by atoms with Gasteiger partial charge in [-0.3, -0.25) is 14.4 Å². The zero-order valence-electron chi connectivity index (χ0n) is 12.1. The molecule has 112 valence electrons. The lowest BCUT2D eigenvalue weighted by Crippen LogP contribution is -2.45. The summed E-state index contributed by atoms with van der Waals surface area (Å²) in [6, 6.07) is 0. The molecule has 20 heavy (non-hydrogen) atoms. The molecule has 2 amide bonds. The molecule has 0 N–H and O–H groups in total. The molecule has 0 saturated carbocycles. The highest BCUT2D eigenvalue weighted by Crippen LogP contribution is 2.23. The van der Waals surface area contributed by atoms with Crippen molar-refractivity contribution < 1.29 is 19.1 Å². The minimum absolute atomic E-state index is 0.00306. The average molecular weight is 282 g/mol. The fourth-order valence-electron chi connectivity index (χ4n) is 2.92. The van der Waals surface area contributed by atoms with Gasteiger partial charge in [-0.2, -0.15) is 0 Å². The van der Waals surface area contributed by atoms with Crippen molar-refractivity contribution >= 4 is 17.8 Å². The SMILES string of the molecule is CCOC(=O)[C@H]1CCCN(C(=O)C2CC(=O)N(C)C2)C1. The van der Waals surface area contributed by atoms with Crippen molar-refractivity contribution in [2.75, 3.05) is 33.3 Å². The van der Waals surface area contributed by atoms with E-state index in [0.717, 1.165) is 12.8 Å². The van der Waals surface area contributed by atoms with Gasteiger partial charge in [0.2, 0.25) is 11.8 Å². The second-order valence-electron chi connectivity index (χ2n) is 5.55. The molecule has 6 heteroatoms. The Labute approximate surface area is 119 Å². The minimum atomic E-state index is -0.256. The van der Waals surface area contributed by atoms with Crippen molar-refractivity contribution in [2.24, 2.45) is 11.8 Å². The van der Waals surface area contributed by atoms with Crippen molar-refractivity contribution in [1.82, 2.24) is 9.80 Å². The van der Waals surface area contributed by atoms with Crippen LogP contribution in [0.4, 0.5) is 0 Å². The molecule has 0 aliphatic carbocycles. The second-order valence-corrected chi connectivity index (χ2v) is 5.55. The zero-order valence-corrected chi connectivity index (χ0v) is 12.1. The first-order valence-electron chi connectivity index (χ1n) is 7.22. The predicted molar refractivity (Wildman–Crippen MR) is 71.7 cm³/mol. The molecule has 0 aromatic carbocycles. The maximum absolute atomic E-state index is 12.4. The van der Waals surface area contributed by atoms with Crippen LogP contribution >= 0.6 is 0 Å². The van der Waals surface area contributed by atoms with E-state index in [1.165, 1.54) is 0 Å². The molecule has 0 radical (unpaired) electrons. The second kappa shape index (κ2) is 6.24. The Hall–Kier alpha value is -1.59. The molecule has 2 heterocycles. The van der Waals surface area contributed by atoms with Gasteiger partial charge in [0.05, 0.1) is 18.4 Å². The lowest BCUT2D eigenvalue weighted by molar-refractivity contribution is -0.152. The van der Waals surface area contributed by atoms with E-state index < -0.39 is 0 Å². The van der Waals surface area contributed by atoms with Crippen molar-refractivity contribution in [3.05, 3.63) is 0 Å². The zero-order chi connectivity index (χ0) is 14.7. The van der Waals surface area contributed by atoms with Crippen LogP contribution < -0.4 is 0 Å². The molecule has 6 nitrogen and oxygen atoms in total. The van der Waals surface area contributed by atoms with Crippen LogP contribution in [0.5, 0.6) is 0 Å². The van der Waals surface area contributed by atoms with Crippen molar-refractivity contribution in [3.63, 3.8) is 0 Å². The minimum Gasteiger partial charge on any atom is -0.466 e. The summed E-state index contributed by atoms with van der Waals surface area (Å²) in [7, 11) is 1.72. The molecular formula is C14H22N2O4. The lowest BCUT2D eigenvalue weighted by atomic mass is 9.96. The third-order valence-electron chi connectivity index (χ3n) is 4.04. The molecule has 2 atom stereocenters. The molecule has 2 fully saturated rings. The first-order valence-corrected chi connectivity index (χ1v) is 7.22. The molecule has 1 unspecified atom stereocenters. The van der Waals surface area contributed by atoms with Crippen LogP contribution in [0.1, 0.15) is 26.2 Å². The van der Waals surface area contributed by atoms with Crippen LogP contribution in [0.3, 0.4) is 0 Å². The van der Waals surface area contributed by atoms with Crippen LogP contribution in [0.15, 0.2) is 0 Å². The summed E-state index contributed by atoms with van der Waals surface area (Å²) in [5, 5.41) is 0. The average Bonchev–Trinajstić information content (AvgIpc) is 2.78. The van der Waals surface area contributed by atoms with E-state index in [9.17, 15) is 14.4 Å². The summed E-state index contributed by atoms with van der Waals surface area (Å²) in [6.07, 6.45) is 1.87. The van der Waals surface area contributed by atoms with Crippen molar-refractivity contribution in [2.45, 2.75) is 26.2 Å². The number of likely N-dealkylation sites (tertiary alicyclic amines) is 2. The Kier molecular flexibility index (Phi) is 4.62. The summed E-state index contributed by atoms with van der Waals surface area (Å²) in [6.45, 7) is 3.72. The smallest absolute Gasteiger partial charge is 0.310 e. The van der Waals surface area contributed by atoms with E-state index in [2.05, 4.69) is 0 Å². The summed E-state index contributed by atoms with van der Waals surface area (Å²) in [5.74, 6) is -0.681. The Morgan fingerprint density at radius 1 is 1.30 bits per heavy atom. The number of carbonyl (C=O) groups is 3. The van der Waals surface area contributed by atoms with Crippen LogP contribution in [0.25, 0.3) is 0 Å². The maximum atomic E-state index is 12.4. The monoisotopic (exact) mass is 282 g/mol. The van der Waals surface area contributed by atoms with Crippen LogP contribution in [-0.4, -0.2) is 60.9 Å². The molecule has 0 bridgehead atoms. The summed E-state index contributed by atoms with van der Waals surface area (Å²) < 4.78 is 5.03. The van der Waals surface area contributed by atoms with E-state index in [1.54, 1.807) is 23.8 Å². The van der Waals surface area contributed by atoms with Gasteiger partial charge in [-0.25, -0.2) is 0 Å². The van der Waals surface area contributed by atoms with Gasteiger partial charge in [0.15, 0.2) is 0 Å². The number of rotatable bonds is 3. The van der Waals surface area contributed by atoms with Gasteiger partial charge in [-0.1, -0.05) is 0 Å². The molecule has 2 aliphatic heterocycles. The topological polar surface area (TPSA) is 66.9 Å². The largest absolute Gasteiger partial charge is 0.466 e. The maximum Gasteiger partial charge on any atom is 0.310 e. The molecule has 0 spiro atoms. The highest BCUT2D eigenvalue weighted by molar-refractivity contribution is 5.89. The van der Waals surface area contributed by atoms with E-state index in [1.807, 2.05) is 0 Å². The summed E-state index contributed by atoms with van der Waals surface area (Å²) in [5.41, 5.74) is 0. The van der Waals surface area contributed by atoms with Gasteiger partial charge in [0, 0.05) is 33.1 Å². The number of amides is 2. The normalized spacial score (nSPS) is 26.8. The third kappa shape index (κ3) is 3.11. The summed E-state index contributed by atoms with van der Waals surface area (Å²) in [4.78, 5) is 39.0. The van der Waals surface area contributed by atoms with E-state index in [4.69, 9.17) is 4.74 Å². The number of ether oxygens (including phenoxy) is 1. The molecule has 2 rings (SSSR count). The van der Waals surface area contributed by atoms with Gasteiger partial charge in [0.1, 0.15) is 0 Å². The highest BCUT2D eigenvalue weighted by atomic mass is 16.5. The first-order chi connectivity index (χ1) is 9.52. The van der Waals surface area contributed by atoms with Gasteiger partial charge >= 0.3 is 5.97 Å². The number of piperidine rings is 1. The molecule has 0 aromatic heterocycles. The van der Waals surface area contributed by atoms with Crippen LogP contribution in [0, 0.1) is 11.8 Å². The van der Waals surface area contributed by atoms with E-state index >= 15 is 0 Å². The Balaban J connectivity index is 1.93. The van der Waals surface area contributed by atoms with Crippen LogP contribution in [0.2, 0.25) is 0 Å². The highest BCUT2D eigenvalue weighted by Gasteiger charge is 2.37. The van der Waals surface area contributed by atoms with Gasteiger partial charge < -0.3 is 14.5 Å². The summed E-state index contributed by atoms with van der Waals surface area (Å²) >= 11 is 0. The van der Waals surface area contributed by atoms with E-state index in [0.29, 0.717) is 26.2 Å². The number of hydrogen-bond donors (Lipinski definition) is 0. The lowest BCUT2D eigenvalue weighted by Gasteiger charge is -2.33. The standard InChI is InChI=1S/C14H22N2O4/c1-3-20-14(19)10-5-4-6-16(9-10)13(18)11-7-12(17)15(2)8-11/h10-11H,3-9H2,1-2H3/t10-,11?/m0/s1. The molecule has 2 aliphatic rings. The predicted octanol–water partition coefficient (Wildman–Crippen LogP) is 0.266. The fraction of sp³-hybridized carbons (Fsp3) is 0.786.